The molecule has 0 saturated heterocycles. The van der Waals surface area contributed by atoms with Crippen molar-refractivity contribution >= 4 is 17.6 Å². The number of benzene rings is 2. The number of aryl methyl sites for hydroxylation is 2. The third-order valence-electron chi connectivity index (χ3n) is 6.78. The number of rotatable bonds is 7. The molecule has 2 heterocycles. The fourth-order valence-electron chi connectivity index (χ4n) is 4.54. The Labute approximate surface area is 207 Å². The van der Waals surface area contributed by atoms with Crippen LogP contribution in [0.2, 0.25) is 0 Å². The summed E-state index contributed by atoms with van der Waals surface area (Å²) in [5, 5.41) is 2.99. The van der Waals surface area contributed by atoms with Gasteiger partial charge in [-0.25, -0.2) is 4.79 Å². The van der Waals surface area contributed by atoms with Crippen LogP contribution in [0.1, 0.15) is 34.0 Å². The Kier molecular flexibility index (Phi) is 7.56. The number of ether oxygens (including phenoxy) is 1. The van der Waals surface area contributed by atoms with E-state index in [2.05, 4.69) is 53.3 Å². The van der Waals surface area contributed by atoms with Crippen LogP contribution in [-0.2, 0) is 16.1 Å². The van der Waals surface area contributed by atoms with Gasteiger partial charge in [0, 0.05) is 44.3 Å². The first kappa shape index (κ1) is 24.5. The molecule has 1 aliphatic rings. The molecule has 0 bridgehead atoms. The van der Waals surface area contributed by atoms with Gasteiger partial charge in [0.25, 0.3) is 0 Å². The van der Waals surface area contributed by atoms with Crippen molar-refractivity contribution in [1.29, 1.82) is 0 Å². The van der Waals surface area contributed by atoms with Gasteiger partial charge in [0.2, 0.25) is 5.91 Å². The van der Waals surface area contributed by atoms with E-state index in [9.17, 15) is 9.59 Å². The first-order valence-corrected chi connectivity index (χ1v) is 12.0. The molecule has 184 valence electrons. The quantitative estimate of drug-likeness (QED) is 0.547. The van der Waals surface area contributed by atoms with Gasteiger partial charge in [0.15, 0.2) is 0 Å². The second-order valence-corrected chi connectivity index (χ2v) is 9.12. The summed E-state index contributed by atoms with van der Waals surface area (Å²) in [7, 11) is 1.59. The Bertz CT molecular complexity index is 1190. The van der Waals surface area contributed by atoms with E-state index in [0.29, 0.717) is 19.7 Å². The molecule has 0 fully saturated rings. The predicted octanol–water partition coefficient (Wildman–Crippen LogP) is 4.53. The monoisotopic (exact) mass is 474 g/mol. The predicted molar refractivity (Wildman–Crippen MR) is 138 cm³/mol. The van der Waals surface area contributed by atoms with Gasteiger partial charge in [0.05, 0.1) is 12.6 Å². The zero-order valence-electron chi connectivity index (χ0n) is 21.0. The fraction of sp³-hybridized carbons (Fsp3) is 0.357. The number of fused-ring (bicyclic) bond motifs is 1. The van der Waals surface area contributed by atoms with Crippen LogP contribution in [0.25, 0.3) is 0 Å². The maximum Gasteiger partial charge on any atom is 0.322 e. The lowest BCUT2D eigenvalue weighted by molar-refractivity contribution is -0.134. The molecule has 7 heteroatoms. The molecule has 1 N–H and O–H groups in total. The summed E-state index contributed by atoms with van der Waals surface area (Å²) in [6.07, 6.45) is 2.06. The van der Waals surface area contributed by atoms with Crippen LogP contribution < -0.4 is 5.32 Å². The number of carbonyl (C=O) groups excluding carboxylic acids is 2. The van der Waals surface area contributed by atoms with E-state index in [1.54, 1.807) is 7.11 Å². The highest BCUT2D eigenvalue weighted by Crippen LogP contribution is 2.32. The summed E-state index contributed by atoms with van der Waals surface area (Å²) in [6, 6.07) is 17.7. The van der Waals surface area contributed by atoms with Crippen molar-refractivity contribution in [3.63, 3.8) is 0 Å². The minimum Gasteiger partial charge on any atom is -0.383 e. The van der Waals surface area contributed by atoms with Crippen LogP contribution >= 0.6 is 0 Å². The van der Waals surface area contributed by atoms with Crippen molar-refractivity contribution in [2.75, 3.05) is 38.7 Å². The third-order valence-corrected chi connectivity index (χ3v) is 6.78. The molecule has 0 saturated carbocycles. The lowest BCUT2D eigenvalue weighted by Gasteiger charge is -2.38. The van der Waals surface area contributed by atoms with Gasteiger partial charge in [-0.3, -0.25) is 4.79 Å². The molecular weight excluding hydrogens is 440 g/mol. The fourth-order valence-corrected chi connectivity index (χ4v) is 4.54. The first-order chi connectivity index (χ1) is 16.9. The summed E-state index contributed by atoms with van der Waals surface area (Å²) >= 11 is 0. The van der Waals surface area contributed by atoms with Crippen LogP contribution in [0, 0.1) is 20.8 Å². The number of carbonyl (C=O) groups is 2. The molecule has 0 spiro atoms. The van der Waals surface area contributed by atoms with Crippen molar-refractivity contribution in [1.82, 2.24) is 14.4 Å². The van der Waals surface area contributed by atoms with Crippen molar-refractivity contribution in [3.05, 3.63) is 88.7 Å². The van der Waals surface area contributed by atoms with Crippen molar-refractivity contribution in [2.45, 2.75) is 33.4 Å². The van der Waals surface area contributed by atoms with Gasteiger partial charge in [-0.1, -0.05) is 42.0 Å². The van der Waals surface area contributed by atoms with Crippen molar-refractivity contribution in [2.24, 2.45) is 0 Å². The topological polar surface area (TPSA) is 66.8 Å². The number of nitrogens with one attached hydrogen (secondary N) is 1. The van der Waals surface area contributed by atoms with Gasteiger partial charge in [-0.05, 0) is 55.7 Å². The second kappa shape index (κ2) is 10.8. The maximum absolute atomic E-state index is 13.7. The molecule has 3 amide bonds. The molecule has 0 radical (unpaired) electrons. The van der Waals surface area contributed by atoms with Gasteiger partial charge in [-0.2, -0.15) is 0 Å². The van der Waals surface area contributed by atoms with Crippen LogP contribution in [0.5, 0.6) is 0 Å². The van der Waals surface area contributed by atoms with Crippen LogP contribution in [-0.4, -0.2) is 59.7 Å². The van der Waals surface area contributed by atoms with Gasteiger partial charge in [0.1, 0.15) is 6.54 Å². The van der Waals surface area contributed by atoms with Crippen molar-refractivity contribution in [3.8, 4) is 0 Å². The van der Waals surface area contributed by atoms with E-state index in [1.807, 2.05) is 43.0 Å². The zero-order valence-corrected chi connectivity index (χ0v) is 21.0. The number of nitrogens with zero attached hydrogens (tertiary/aromatic N) is 3. The lowest BCUT2D eigenvalue weighted by atomic mass is 9.98. The first-order valence-electron chi connectivity index (χ1n) is 12.0. The number of aromatic nitrogens is 1. The van der Waals surface area contributed by atoms with E-state index >= 15 is 0 Å². The smallest absolute Gasteiger partial charge is 0.322 e. The molecule has 1 unspecified atom stereocenters. The molecule has 1 aliphatic heterocycles. The number of urea groups is 1. The molecule has 1 aromatic heterocycles. The number of hydrogen-bond donors (Lipinski definition) is 1. The number of anilines is 1. The molecule has 7 nitrogen and oxygen atoms in total. The average Bonchev–Trinajstić information content (AvgIpc) is 3.33. The highest BCUT2D eigenvalue weighted by atomic mass is 16.5. The third kappa shape index (κ3) is 5.41. The molecule has 1 atom stereocenters. The van der Waals surface area contributed by atoms with E-state index < -0.39 is 0 Å². The molecular formula is C28H34N4O3. The van der Waals surface area contributed by atoms with E-state index in [4.69, 9.17) is 4.74 Å². The van der Waals surface area contributed by atoms with Crippen LogP contribution in [0.15, 0.2) is 60.8 Å². The van der Waals surface area contributed by atoms with Gasteiger partial charge in [-0.15, -0.1) is 0 Å². The molecule has 4 rings (SSSR count). The van der Waals surface area contributed by atoms with Crippen molar-refractivity contribution < 1.29 is 14.3 Å². The second-order valence-electron chi connectivity index (χ2n) is 9.12. The minimum atomic E-state index is -0.309. The minimum absolute atomic E-state index is 0.0247. The number of hydrogen-bond acceptors (Lipinski definition) is 3. The summed E-state index contributed by atoms with van der Waals surface area (Å²) in [4.78, 5) is 30.3. The van der Waals surface area contributed by atoms with E-state index in [-0.39, 0.29) is 24.5 Å². The van der Waals surface area contributed by atoms with Crippen LogP contribution in [0.3, 0.4) is 0 Å². The summed E-state index contributed by atoms with van der Waals surface area (Å²) in [5.74, 6) is -0.0877. The van der Waals surface area contributed by atoms with Crippen LogP contribution in [0.4, 0.5) is 10.5 Å². The number of methoxy groups -OCH3 is 1. The zero-order chi connectivity index (χ0) is 24.9. The molecule has 3 aromatic rings. The Balaban J connectivity index is 1.57. The summed E-state index contributed by atoms with van der Waals surface area (Å²) in [5.41, 5.74) is 6.17. The Morgan fingerprint density at radius 2 is 1.80 bits per heavy atom. The molecule has 35 heavy (non-hydrogen) atoms. The SMILES string of the molecule is COCCN(CC(=O)N1CCn2cccc2C1c1ccc(C)cc1)C(=O)Nc1cccc(C)c1C. The average molecular weight is 475 g/mol. The summed E-state index contributed by atoms with van der Waals surface area (Å²) < 4.78 is 7.43. The van der Waals surface area contributed by atoms with E-state index in [0.717, 1.165) is 34.6 Å². The highest BCUT2D eigenvalue weighted by Gasteiger charge is 2.33. The molecule has 0 aliphatic carbocycles. The number of amides is 3. The standard InChI is InChI=1S/C28H34N4O3/c1-20-10-12-23(13-11-20)27-25-9-6-14-30(25)15-16-32(27)26(33)19-31(17-18-35-4)28(34)29-24-8-5-7-21(2)22(24)3/h5-14,27H,15-19H2,1-4H3,(H,29,34). The summed E-state index contributed by atoms with van der Waals surface area (Å²) in [6.45, 7) is 7.98. The Morgan fingerprint density at radius 3 is 2.54 bits per heavy atom. The Morgan fingerprint density at radius 1 is 1.03 bits per heavy atom. The maximum atomic E-state index is 13.7. The highest BCUT2D eigenvalue weighted by molar-refractivity contribution is 5.93. The van der Waals surface area contributed by atoms with Gasteiger partial charge >= 0.3 is 6.03 Å². The van der Waals surface area contributed by atoms with E-state index in [1.165, 1.54) is 10.5 Å². The normalized spacial score (nSPS) is 15.0. The molecule has 2 aromatic carbocycles. The van der Waals surface area contributed by atoms with Gasteiger partial charge < -0.3 is 24.4 Å². The largest absolute Gasteiger partial charge is 0.383 e. The lowest BCUT2D eigenvalue weighted by Crippen LogP contribution is -2.49. The Hall–Kier alpha value is -3.58.